The lowest BCUT2D eigenvalue weighted by Crippen LogP contribution is -2.04. The molecule has 0 heterocycles. The van der Waals surface area contributed by atoms with E-state index in [2.05, 4.69) is 5.32 Å². The normalized spacial score (nSPS) is 10.2. The summed E-state index contributed by atoms with van der Waals surface area (Å²) < 4.78 is 0. The Bertz CT molecular complexity index is 317. The van der Waals surface area contributed by atoms with E-state index in [1.165, 1.54) is 11.6 Å². The van der Waals surface area contributed by atoms with Crippen LogP contribution in [0.2, 0.25) is 0 Å². The summed E-state index contributed by atoms with van der Waals surface area (Å²) in [7, 11) is 1.92. The summed E-state index contributed by atoms with van der Waals surface area (Å²) in [5.41, 5.74) is 2.30. The highest BCUT2D eigenvalue weighted by Crippen LogP contribution is 2.05. The lowest BCUT2D eigenvalue weighted by Gasteiger charge is -1.99. The topological polar surface area (TPSA) is 35.8 Å². The molecule has 66 valence electrons. The van der Waals surface area contributed by atoms with Crippen LogP contribution in [0.5, 0.6) is 0 Å². The van der Waals surface area contributed by atoms with E-state index >= 15 is 0 Å². The molecule has 0 amide bonds. The molecule has 0 aromatic heterocycles. The van der Waals surface area contributed by atoms with Crippen molar-refractivity contribution in [3.63, 3.8) is 0 Å². The molecule has 0 atom stereocenters. The van der Waals surface area contributed by atoms with Crippen LogP contribution in [0.3, 0.4) is 0 Å². The summed E-state index contributed by atoms with van der Waals surface area (Å²) in [6, 6.07) is 10.1. The number of nitrogens with zero attached hydrogens (tertiary/aromatic N) is 1. The summed E-state index contributed by atoms with van der Waals surface area (Å²) in [5, 5.41) is 11.4. The van der Waals surface area contributed by atoms with Crippen LogP contribution in [-0.2, 0) is 6.54 Å². The zero-order valence-electron chi connectivity index (χ0n) is 7.62. The van der Waals surface area contributed by atoms with Gasteiger partial charge in [0.1, 0.15) is 0 Å². The van der Waals surface area contributed by atoms with Crippen LogP contribution in [0.25, 0.3) is 6.08 Å². The number of nitrogens with one attached hydrogen (secondary N) is 1. The molecule has 0 saturated heterocycles. The minimum atomic E-state index is 0.877. The summed E-state index contributed by atoms with van der Waals surface area (Å²) in [6.45, 7) is 0.877. The molecule has 1 aromatic carbocycles. The van der Waals surface area contributed by atoms with Crippen LogP contribution in [-0.4, -0.2) is 7.05 Å². The van der Waals surface area contributed by atoms with Crippen molar-refractivity contribution in [3.8, 4) is 6.07 Å². The summed E-state index contributed by atoms with van der Waals surface area (Å²) in [6.07, 6.45) is 3.27. The smallest absolute Gasteiger partial charge is 0.0912 e. The van der Waals surface area contributed by atoms with Gasteiger partial charge in [0.25, 0.3) is 0 Å². The zero-order valence-corrected chi connectivity index (χ0v) is 7.62. The monoisotopic (exact) mass is 172 g/mol. The van der Waals surface area contributed by atoms with E-state index in [-0.39, 0.29) is 0 Å². The first kappa shape index (κ1) is 9.50. The van der Waals surface area contributed by atoms with E-state index in [4.69, 9.17) is 5.26 Å². The first-order valence-corrected chi connectivity index (χ1v) is 4.16. The van der Waals surface area contributed by atoms with Gasteiger partial charge in [0.05, 0.1) is 6.07 Å². The van der Waals surface area contributed by atoms with Crippen molar-refractivity contribution < 1.29 is 0 Å². The Balaban J connectivity index is 2.70. The largest absolute Gasteiger partial charge is 0.316 e. The van der Waals surface area contributed by atoms with Crippen molar-refractivity contribution in [2.75, 3.05) is 7.05 Å². The predicted octanol–water partition coefficient (Wildman–Crippen LogP) is 1.94. The predicted molar refractivity (Wildman–Crippen MR) is 53.9 cm³/mol. The van der Waals surface area contributed by atoms with Crippen LogP contribution >= 0.6 is 0 Å². The van der Waals surface area contributed by atoms with Crippen molar-refractivity contribution in [1.82, 2.24) is 5.32 Å². The Labute approximate surface area is 78.5 Å². The van der Waals surface area contributed by atoms with Gasteiger partial charge in [0.15, 0.2) is 0 Å². The molecular weight excluding hydrogens is 160 g/mol. The van der Waals surface area contributed by atoms with Gasteiger partial charge < -0.3 is 5.32 Å². The fourth-order valence-electron chi connectivity index (χ4n) is 1.08. The fourth-order valence-corrected chi connectivity index (χ4v) is 1.08. The minimum absolute atomic E-state index is 0.877. The van der Waals surface area contributed by atoms with E-state index in [1.807, 2.05) is 37.4 Å². The molecule has 0 aliphatic carbocycles. The highest BCUT2D eigenvalue weighted by atomic mass is 14.8. The first-order chi connectivity index (χ1) is 6.36. The fraction of sp³-hybridized carbons (Fsp3) is 0.182. The molecule has 0 radical (unpaired) electrons. The Hall–Kier alpha value is -1.59. The molecule has 0 spiro atoms. The maximum Gasteiger partial charge on any atom is 0.0912 e. The van der Waals surface area contributed by atoms with Crippen LogP contribution in [0.1, 0.15) is 11.1 Å². The van der Waals surface area contributed by atoms with Crippen molar-refractivity contribution in [2.24, 2.45) is 0 Å². The third-order valence-corrected chi connectivity index (χ3v) is 1.71. The number of nitriles is 1. The zero-order chi connectivity index (χ0) is 9.52. The van der Waals surface area contributed by atoms with Gasteiger partial charge in [-0.25, -0.2) is 0 Å². The second-order valence-electron chi connectivity index (χ2n) is 2.73. The van der Waals surface area contributed by atoms with Gasteiger partial charge in [-0.1, -0.05) is 24.3 Å². The van der Waals surface area contributed by atoms with Crippen LogP contribution in [0, 0.1) is 11.3 Å². The molecule has 2 heteroatoms. The van der Waals surface area contributed by atoms with E-state index in [0.717, 1.165) is 12.1 Å². The van der Waals surface area contributed by atoms with Gasteiger partial charge in [-0.15, -0.1) is 0 Å². The third-order valence-electron chi connectivity index (χ3n) is 1.71. The number of allylic oxidation sites excluding steroid dienone is 1. The van der Waals surface area contributed by atoms with E-state index in [1.54, 1.807) is 6.08 Å². The summed E-state index contributed by atoms with van der Waals surface area (Å²) in [4.78, 5) is 0. The van der Waals surface area contributed by atoms with Gasteiger partial charge >= 0.3 is 0 Å². The average molecular weight is 172 g/mol. The molecule has 0 aliphatic heterocycles. The van der Waals surface area contributed by atoms with Gasteiger partial charge in [0, 0.05) is 12.6 Å². The second-order valence-corrected chi connectivity index (χ2v) is 2.73. The summed E-state index contributed by atoms with van der Waals surface area (Å²) >= 11 is 0. The van der Waals surface area contributed by atoms with Gasteiger partial charge in [-0.2, -0.15) is 5.26 Å². The number of rotatable bonds is 3. The second kappa shape index (κ2) is 5.13. The van der Waals surface area contributed by atoms with Crippen LogP contribution < -0.4 is 5.32 Å². The lowest BCUT2D eigenvalue weighted by atomic mass is 10.1. The first-order valence-electron chi connectivity index (χ1n) is 4.16. The van der Waals surface area contributed by atoms with Gasteiger partial charge in [-0.3, -0.25) is 0 Å². The Morgan fingerprint density at radius 3 is 2.62 bits per heavy atom. The molecule has 2 nitrogen and oxygen atoms in total. The highest BCUT2D eigenvalue weighted by molar-refractivity contribution is 5.51. The quantitative estimate of drug-likeness (QED) is 0.707. The molecule has 0 saturated carbocycles. The molecule has 0 unspecified atom stereocenters. The Kier molecular flexibility index (Phi) is 3.74. The highest BCUT2D eigenvalue weighted by Gasteiger charge is 1.89. The van der Waals surface area contributed by atoms with Gasteiger partial charge in [0.2, 0.25) is 0 Å². The van der Waals surface area contributed by atoms with Crippen LogP contribution in [0.4, 0.5) is 0 Å². The maximum absolute atomic E-state index is 8.32. The molecule has 1 rings (SSSR count). The minimum Gasteiger partial charge on any atom is -0.316 e. The van der Waals surface area contributed by atoms with Gasteiger partial charge in [-0.05, 0) is 24.3 Å². The number of benzene rings is 1. The standard InChI is InChI=1S/C11H12N2/c1-13-9-11-6-4-10(5-7-11)3-2-8-12/h2-7,13H,9H2,1H3. The number of hydrogen-bond acceptors (Lipinski definition) is 2. The van der Waals surface area contributed by atoms with Crippen molar-refractivity contribution in [3.05, 3.63) is 41.5 Å². The van der Waals surface area contributed by atoms with Crippen molar-refractivity contribution in [1.29, 1.82) is 5.26 Å². The molecule has 1 N–H and O–H groups in total. The van der Waals surface area contributed by atoms with E-state index < -0.39 is 0 Å². The summed E-state index contributed by atoms with van der Waals surface area (Å²) in [5.74, 6) is 0. The van der Waals surface area contributed by atoms with Crippen LogP contribution in [0.15, 0.2) is 30.3 Å². The molecule has 0 fully saturated rings. The third kappa shape index (κ3) is 3.10. The van der Waals surface area contributed by atoms with Crippen molar-refractivity contribution in [2.45, 2.75) is 6.54 Å². The maximum atomic E-state index is 8.32. The molecule has 1 aromatic rings. The number of hydrogen-bond donors (Lipinski definition) is 1. The molecule has 0 aliphatic rings. The lowest BCUT2D eigenvalue weighted by molar-refractivity contribution is 0.818. The Morgan fingerprint density at radius 1 is 1.38 bits per heavy atom. The Morgan fingerprint density at radius 2 is 2.08 bits per heavy atom. The average Bonchev–Trinajstić information content (AvgIpc) is 2.17. The van der Waals surface area contributed by atoms with Crippen molar-refractivity contribution >= 4 is 6.08 Å². The molecular formula is C11H12N2. The van der Waals surface area contributed by atoms with E-state index in [9.17, 15) is 0 Å². The van der Waals surface area contributed by atoms with E-state index in [0.29, 0.717) is 0 Å². The SMILES string of the molecule is CNCc1ccc(C=CC#N)cc1. The molecule has 13 heavy (non-hydrogen) atoms. The molecule has 0 bridgehead atoms.